The third-order valence-corrected chi connectivity index (χ3v) is 5.35. The highest BCUT2D eigenvalue weighted by atomic mass is 127. The molecule has 1 N–H and O–H groups in total. The first-order valence-electron chi connectivity index (χ1n) is 9.42. The van der Waals surface area contributed by atoms with Gasteiger partial charge < -0.3 is 19.5 Å². The summed E-state index contributed by atoms with van der Waals surface area (Å²) in [5, 5.41) is 12.5. The Bertz CT molecular complexity index is 838. The lowest BCUT2D eigenvalue weighted by molar-refractivity contribution is 0.214. The molecule has 0 radical (unpaired) electrons. The van der Waals surface area contributed by atoms with Crippen LogP contribution in [0.4, 0.5) is 0 Å². The minimum absolute atomic E-state index is 0. The van der Waals surface area contributed by atoms with E-state index in [4.69, 9.17) is 21.3 Å². The SMILES string of the molecule is Cc1nnc(CN=C(NC2CC2)N2CCC(Oc3ccccc3Cl)C2)n1C.I. The van der Waals surface area contributed by atoms with Crippen molar-refractivity contribution in [3.63, 3.8) is 0 Å². The Morgan fingerprint density at radius 2 is 2.07 bits per heavy atom. The van der Waals surface area contributed by atoms with Crippen LogP contribution in [0.1, 0.15) is 30.9 Å². The number of likely N-dealkylation sites (tertiary alicyclic amines) is 1. The van der Waals surface area contributed by atoms with Gasteiger partial charge in [-0.25, -0.2) is 4.99 Å². The Hall–Kier alpha value is -1.55. The molecule has 0 spiro atoms. The van der Waals surface area contributed by atoms with Crippen molar-refractivity contribution < 1.29 is 4.74 Å². The maximum Gasteiger partial charge on any atom is 0.194 e. The van der Waals surface area contributed by atoms with Gasteiger partial charge >= 0.3 is 0 Å². The molecule has 2 aromatic rings. The molecule has 9 heteroatoms. The van der Waals surface area contributed by atoms with Crippen molar-refractivity contribution in [2.75, 3.05) is 13.1 Å². The summed E-state index contributed by atoms with van der Waals surface area (Å²) in [6.45, 7) is 4.16. The lowest BCUT2D eigenvalue weighted by Gasteiger charge is -2.22. The fraction of sp³-hybridized carbons (Fsp3) is 0.526. The van der Waals surface area contributed by atoms with E-state index in [0.29, 0.717) is 17.6 Å². The predicted octanol–water partition coefficient (Wildman–Crippen LogP) is 3.16. The number of nitrogens with zero attached hydrogens (tertiary/aromatic N) is 5. The average Bonchev–Trinajstić information content (AvgIpc) is 3.27. The van der Waals surface area contributed by atoms with E-state index in [-0.39, 0.29) is 30.1 Å². The van der Waals surface area contributed by atoms with Crippen molar-refractivity contribution in [2.45, 2.75) is 44.9 Å². The molecule has 1 aliphatic heterocycles. The van der Waals surface area contributed by atoms with Crippen molar-refractivity contribution >= 4 is 41.5 Å². The molecule has 1 aromatic carbocycles. The van der Waals surface area contributed by atoms with Gasteiger partial charge in [0.05, 0.1) is 11.6 Å². The van der Waals surface area contributed by atoms with E-state index in [9.17, 15) is 0 Å². The summed E-state index contributed by atoms with van der Waals surface area (Å²) in [5.41, 5.74) is 0. The van der Waals surface area contributed by atoms with Crippen LogP contribution >= 0.6 is 35.6 Å². The van der Waals surface area contributed by atoms with E-state index >= 15 is 0 Å². The number of hydrogen-bond donors (Lipinski definition) is 1. The first-order chi connectivity index (χ1) is 13.1. The monoisotopic (exact) mass is 516 g/mol. The summed E-state index contributed by atoms with van der Waals surface area (Å²) in [6.07, 6.45) is 3.46. The van der Waals surface area contributed by atoms with Crippen LogP contribution in [-0.2, 0) is 13.6 Å². The number of hydrogen-bond acceptors (Lipinski definition) is 4. The van der Waals surface area contributed by atoms with Gasteiger partial charge in [0.1, 0.15) is 24.2 Å². The average molecular weight is 517 g/mol. The molecule has 0 bridgehead atoms. The summed E-state index contributed by atoms with van der Waals surface area (Å²) in [5.74, 6) is 3.44. The highest BCUT2D eigenvalue weighted by Crippen LogP contribution is 2.27. The highest BCUT2D eigenvalue weighted by Gasteiger charge is 2.30. The van der Waals surface area contributed by atoms with Crippen molar-refractivity contribution in [1.29, 1.82) is 0 Å². The molecule has 1 saturated heterocycles. The second-order valence-corrected chi connectivity index (χ2v) is 7.59. The van der Waals surface area contributed by atoms with Crippen LogP contribution in [-0.4, -0.2) is 50.9 Å². The van der Waals surface area contributed by atoms with Gasteiger partial charge in [0.2, 0.25) is 0 Å². The van der Waals surface area contributed by atoms with Crippen LogP contribution in [0.5, 0.6) is 5.75 Å². The first kappa shape index (κ1) is 21.2. The molecule has 1 unspecified atom stereocenters. The third kappa shape index (κ3) is 5.08. The zero-order valence-corrected chi connectivity index (χ0v) is 19.2. The van der Waals surface area contributed by atoms with Gasteiger partial charge in [0.25, 0.3) is 0 Å². The van der Waals surface area contributed by atoms with Crippen molar-refractivity contribution in [3.8, 4) is 5.75 Å². The molecule has 1 atom stereocenters. The van der Waals surface area contributed by atoms with Gasteiger partial charge in [-0.1, -0.05) is 23.7 Å². The van der Waals surface area contributed by atoms with Gasteiger partial charge in [-0.3, -0.25) is 0 Å². The summed E-state index contributed by atoms with van der Waals surface area (Å²) < 4.78 is 8.09. The predicted molar refractivity (Wildman–Crippen MR) is 121 cm³/mol. The molecule has 2 fully saturated rings. The fourth-order valence-corrected chi connectivity index (χ4v) is 3.30. The second-order valence-electron chi connectivity index (χ2n) is 7.19. The normalized spacial score (nSPS) is 19.5. The lowest BCUT2D eigenvalue weighted by Crippen LogP contribution is -2.42. The van der Waals surface area contributed by atoms with Gasteiger partial charge in [-0.05, 0) is 31.9 Å². The molecule has 7 nitrogen and oxygen atoms in total. The van der Waals surface area contributed by atoms with E-state index < -0.39 is 0 Å². The summed E-state index contributed by atoms with van der Waals surface area (Å²) in [7, 11) is 1.97. The number of rotatable bonds is 5. The van der Waals surface area contributed by atoms with Gasteiger partial charge in [0.15, 0.2) is 11.8 Å². The quantitative estimate of drug-likeness (QED) is 0.376. The van der Waals surface area contributed by atoms with E-state index in [1.54, 1.807) is 0 Å². The number of halogens is 2. The molecule has 1 aromatic heterocycles. The van der Waals surface area contributed by atoms with Crippen LogP contribution in [0.3, 0.4) is 0 Å². The second kappa shape index (κ2) is 9.30. The Morgan fingerprint density at radius 3 is 2.75 bits per heavy atom. The van der Waals surface area contributed by atoms with E-state index in [0.717, 1.165) is 42.9 Å². The van der Waals surface area contributed by atoms with Crippen molar-refractivity contribution in [2.24, 2.45) is 12.0 Å². The molecule has 2 heterocycles. The van der Waals surface area contributed by atoms with Gasteiger partial charge in [-0.2, -0.15) is 0 Å². The topological polar surface area (TPSA) is 67.6 Å². The number of ether oxygens (including phenoxy) is 1. The molecule has 152 valence electrons. The summed E-state index contributed by atoms with van der Waals surface area (Å²) >= 11 is 6.22. The van der Waals surface area contributed by atoms with Crippen molar-refractivity contribution in [1.82, 2.24) is 25.0 Å². The number of aliphatic imine (C=N–C) groups is 1. The largest absolute Gasteiger partial charge is 0.487 e. The number of benzene rings is 1. The first-order valence-corrected chi connectivity index (χ1v) is 9.80. The minimum atomic E-state index is 0. The Labute approximate surface area is 187 Å². The maximum atomic E-state index is 6.22. The molecule has 0 amide bonds. The minimum Gasteiger partial charge on any atom is -0.487 e. The van der Waals surface area contributed by atoms with Crippen LogP contribution in [0.15, 0.2) is 29.3 Å². The summed E-state index contributed by atoms with van der Waals surface area (Å²) in [4.78, 5) is 7.08. The standard InChI is InChI=1S/C19H25ClN6O.HI/c1-13-23-24-18(25(13)2)11-21-19(22-14-7-8-14)26-10-9-15(12-26)27-17-6-4-3-5-16(17)20;/h3-6,14-15H,7-12H2,1-2H3,(H,21,22);1H. The highest BCUT2D eigenvalue weighted by molar-refractivity contribution is 14.0. The van der Waals surface area contributed by atoms with Gasteiger partial charge in [-0.15, -0.1) is 34.2 Å². The van der Waals surface area contributed by atoms with E-state index in [2.05, 4.69) is 20.4 Å². The Kier molecular flexibility index (Phi) is 7.03. The van der Waals surface area contributed by atoms with Crippen LogP contribution in [0.2, 0.25) is 5.02 Å². The summed E-state index contributed by atoms with van der Waals surface area (Å²) in [6, 6.07) is 8.16. The zero-order chi connectivity index (χ0) is 18.8. The zero-order valence-electron chi connectivity index (χ0n) is 16.1. The van der Waals surface area contributed by atoms with Crippen molar-refractivity contribution in [3.05, 3.63) is 40.9 Å². The number of aryl methyl sites for hydroxylation is 1. The number of aromatic nitrogens is 3. The van der Waals surface area contributed by atoms with Crippen LogP contribution in [0, 0.1) is 6.92 Å². The molecule has 1 saturated carbocycles. The number of nitrogens with one attached hydrogen (secondary N) is 1. The third-order valence-electron chi connectivity index (χ3n) is 5.04. The molecule has 1 aliphatic carbocycles. The number of guanidine groups is 1. The molecule has 4 rings (SSSR count). The van der Waals surface area contributed by atoms with E-state index in [1.165, 1.54) is 12.8 Å². The molecular formula is C19H26ClIN6O. The number of para-hydroxylation sites is 1. The van der Waals surface area contributed by atoms with Gasteiger partial charge in [0, 0.05) is 26.1 Å². The van der Waals surface area contributed by atoms with E-state index in [1.807, 2.05) is 42.8 Å². The Balaban J connectivity index is 0.00000225. The molecule has 2 aliphatic rings. The van der Waals surface area contributed by atoms with Crippen LogP contribution < -0.4 is 10.1 Å². The van der Waals surface area contributed by atoms with Crippen LogP contribution in [0.25, 0.3) is 0 Å². The fourth-order valence-electron chi connectivity index (χ4n) is 3.12. The molecular weight excluding hydrogens is 491 g/mol. The Morgan fingerprint density at radius 1 is 1.29 bits per heavy atom. The maximum absolute atomic E-state index is 6.22. The lowest BCUT2D eigenvalue weighted by atomic mass is 10.3. The molecule has 28 heavy (non-hydrogen) atoms. The smallest absolute Gasteiger partial charge is 0.194 e.